The lowest BCUT2D eigenvalue weighted by Crippen LogP contribution is -2.50. The summed E-state index contributed by atoms with van der Waals surface area (Å²) >= 11 is 0. The Morgan fingerprint density at radius 1 is 0.622 bits per heavy atom. The molecule has 2 aromatic carbocycles. The average molecular weight is 572 g/mol. The quantitative estimate of drug-likeness (QED) is 0.475. The lowest BCUT2D eigenvalue weighted by Gasteiger charge is -2.33. The molecule has 204 valence electrons. The third-order valence-corrected chi connectivity index (χ3v) is 12.7. The van der Waals surface area contributed by atoms with Gasteiger partial charge in [0.2, 0.25) is 30.1 Å². The first kappa shape index (κ1) is 28.1. The Bertz CT molecular complexity index is 1390. The number of rotatable bonds is 8. The first-order chi connectivity index (χ1) is 17.5. The number of morpholine rings is 1. The van der Waals surface area contributed by atoms with Gasteiger partial charge >= 0.3 is 0 Å². The first-order valence-electron chi connectivity index (χ1n) is 12.3. The van der Waals surface area contributed by atoms with Gasteiger partial charge in [-0.15, -0.1) is 0 Å². The second-order valence-corrected chi connectivity index (χ2v) is 15.0. The molecule has 4 rings (SSSR count). The van der Waals surface area contributed by atoms with E-state index < -0.39 is 30.1 Å². The Morgan fingerprint density at radius 3 is 1.30 bits per heavy atom. The fourth-order valence-electron chi connectivity index (χ4n) is 4.37. The predicted octanol–water partition coefficient (Wildman–Crippen LogP) is 1.92. The van der Waals surface area contributed by atoms with Crippen LogP contribution < -0.4 is 0 Å². The third kappa shape index (κ3) is 5.77. The molecular formula is C24H33N3O7S3. The van der Waals surface area contributed by atoms with Crippen molar-refractivity contribution in [1.29, 1.82) is 0 Å². The molecule has 37 heavy (non-hydrogen) atoms. The molecular weight excluding hydrogens is 538 g/mol. The van der Waals surface area contributed by atoms with Crippen molar-refractivity contribution in [3.05, 3.63) is 54.1 Å². The van der Waals surface area contributed by atoms with Gasteiger partial charge in [0.1, 0.15) is 0 Å². The Morgan fingerprint density at radius 2 is 0.946 bits per heavy atom. The highest BCUT2D eigenvalue weighted by Crippen LogP contribution is 2.26. The fourth-order valence-corrected chi connectivity index (χ4v) is 8.62. The maximum absolute atomic E-state index is 13.2. The summed E-state index contributed by atoms with van der Waals surface area (Å²) < 4.78 is 87.3. The summed E-state index contributed by atoms with van der Waals surface area (Å²) in [6.07, 6.45) is 0.953. The van der Waals surface area contributed by atoms with E-state index in [1.165, 1.54) is 37.2 Å². The van der Waals surface area contributed by atoms with E-state index in [0.29, 0.717) is 19.1 Å². The lowest BCUT2D eigenvalue weighted by atomic mass is 9.99. The number of sulfonamides is 3. The molecule has 0 N–H and O–H groups in total. The van der Waals surface area contributed by atoms with Gasteiger partial charge in [-0.05, 0) is 54.3 Å². The van der Waals surface area contributed by atoms with Gasteiger partial charge in [-0.1, -0.05) is 26.0 Å². The van der Waals surface area contributed by atoms with Gasteiger partial charge in [-0.25, -0.2) is 25.3 Å². The number of benzene rings is 2. The molecule has 2 aromatic rings. The molecule has 2 heterocycles. The zero-order valence-corrected chi connectivity index (χ0v) is 23.4. The zero-order chi connectivity index (χ0) is 26.8. The van der Waals surface area contributed by atoms with E-state index in [1.807, 2.05) is 12.1 Å². The van der Waals surface area contributed by atoms with E-state index >= 15 is 0 Å². The number of piperazine rings is 1. The van der Waals surface area contributed by atoms with Crippen molar-refractivity contribution in [3.63, 3.8) is 0 Å². The molecule has 2 fully saturated rings. The first-order valence-corrected chi connectivity index (χ1v) is 16.6. The molecule has 0 aromatic heterocycles. The Labute approximate surface area is 220 Å². The standard InChI is InChI=1S/C24H33N3O7S3/c1-3-20(2)21-4-6-22(7-5-21)35(28,29)25-12-14-26(15-13-25)36(30,31)23-8-10-24(11-9-23)37(32,33)27-16-18-34-19-17-27/h4-11,20H,3,12-19H2,1-2H3/t20-/m0/s1. The second kappa shape index (κ2) is 11.1. The van der Waals surface area contributed by atoms with Gasteiger partial charge in [-0.3, -0.25) is 0 Å². The highest BCUT2D eigenvalue weighted by atomic mass is 32.2. The minimum Gasteiger partial charge on any atom is -0.379 e. The number of ether oxygens (including phenoxy) is 1. The largest absolute Gasteiger partial charge is 0.379 e. The minimum absolute atomic E-state index is 0.000341. The molecule has 10 nitrogen and oxygen atoms in total. The number of nitrogens with zero attached hydrogens (tertiary/aromatic N) is 3. The molecule has 0 aliphatic carbocycles. The normalized spacial score (nSPS) is 20.1. The van der Waals surface area contributed by atoms with Crippen molar-refractivity contribution in [2.75, 3.05) is 52.5 Å². The highest BCUT2D eigenvalue weighted by molar-refractivity contribution is 7.90. The average Bonchev–Trinajstić information content (AvgIpc) is 2.93. The van der Waals surface area contributed by atoms with E-state index in [9.17, 15) is 25.3 Å². The van der Waals surface area contributed by atoms with Gasteiger partial charge < -0.3 is 4.74 Å². The van der Waals surface area contributed by atoms with Gasteiger partial charge in [-0.2, -0.15) is 12.9 Å². The number of hydrogen-bond acceptors (Lipinski definition) is 7. The van der Waals surface area contributed by atoms with Crippen LogP contribution in [0, 0.1) is 0 Å². The van der Waals surface area contributed by atoms with Gasteiger partial charge in [0.15, 0.2) is 0 Å². The molecule has 2 aliphatic rings. The van der Waals surface area contributed by atoms with Crippen LogP contribution in [0.2, 0.25) is 0 Å². The summed E-state index contributed by atoms with van der Waals surface area (Å²) in [6.45, 7) is 5.34. The molecule has 2 saturated heterocycles. The van der Waals surface area contributed by atoms with Crippen LogP contribution in [-0.2, 0) is 34.8 Å². The van der Waals surface area contributed by atoms with Crippen LogP contribution >= 0.6 is 0 Å². The van der Waals surface area contributed by atoms with Crippen LogP contribution in [0.15, 0.2) is 63.2 Å². The molecule has 1 atom stereocenters. The maximum Gasteiger partial charge on any atom is 0.243 e. The van der Waals surface area contributed by atoms with Crippen LogP contribution in [0.3, 0.4) is 0 Å². The molecule has 0 bridgehead atoms. The molecule has 0 spiro atoms. The van der Waals surface area contributed by atoms with E-state index in [1.54, 1.807) is 12.1 Å². The van der Waals surface area contributed by atoms with Crippen LogP contribution in [-0.4, -0.2) is 90.7 Å². The van der Waals surface area contributed by atoms with Gasteiger partial charge in [0, 0.05) is 39.3 Å². The van der Waals surface area contributed by atoms with Crippen molar-refractivity contribution in [2.24, 2.45) is 0 Å². The van der Waals surface area contributed by atoms with Crippen molar-refractivity contribution in [3.8, 4) is 0 Å². The highest BCUT2D eigenvalue weighted by Gasteiger charge is 2.34. The summed E-state index contributed by atoms with van der Waals surface area (Å²) in [5.74, 6) is 0.332. The summed E-state index contributed by atoms with van der Waals surface area (Å²) in [4.78, 5) is 0.168. The van der Waals surface area contributed by atoms with Gasteiger partial charge in [0.05, 0.1) is 27.9 Å². The summed E-state index contributed by atoms with van der Waals surface area (Å²) in [5, 5.41) is 0. The van der Waals surface area contributed by atoms with E-state index in [-0.39, 0.29) is 54.0 Å². The monoisotopic (exact) mass is 571 g/mol. The topological polar surface area (TPSA) is 121 Å². The lowest BCUT2D eigenvalue weighted by molar-refractivity contribution is 0.0730. The Balaban J connectivity index is 1.43. The third-order valence-electron chi connectivity index (χ3n) is 6.97. The van der Waals surface area contributed by atoms with E-state index in [2.05, 4.69) is 13.8 Å². The summed E-state index contributed by atoms with van der Waals surface area (Å²) in [5.41, 5.74) is 1.07. The van der Waals surface area contributed by atoms with Crippen LogP contribution in [0.4, 0.5) is 0 Å². The summed E-state index contributed by atoms with van der Waals surface area (Å²) in [6, 6.07) is 12.0. The molecule has 13 heteroatoms. The smallest absolute Gasteiger partial charge is 0.243 e. The van der Waals surface area contributed by atoms with Crippen LogP contribution in [0.5, 0.6) is 0 Å². The molecule has 0 radical (unpaired) electrons. The van der Waals surface area contributed by atoms with Gasteiger partial charge in [0.25, 0.3) is 0 Å². The van der Waals surface area contributed by atoms with E-state index in [0.717, 1.165) is 12.0 Å². The SMILES string of the molecule is CC[C@H](C)c1ccc(S(=O)(=O)N2CCN(S(=O)(=O)c3ccc(S(=O)(=O)N4CCOCC4)cc3)CC2)cc1. The minimum atomic E-state index is -3.92. The second-order valence-electron chi connectivity index (χ2n) is 9.17. The zero-order valence-electron chi connectivity index (χ0n) is 21.0. The molecule has 0 amide bonds. The van der Waals surface area contributed by atoms with Crippen molar-refractivity contribution >= 4 is 30.1 Å². The van der Waals surface area contributed by atoms with Crippen molar-refractivity contribution in [2.45, 2.75) is 40.9 Å². The Hall–Kier alpha value is -1.87. The number of hydrogen-bond donors (Lipinski definition) is 0. The van der Waals surface area contributed by atoms with Crippen LogP contribution in [0.25, 0.3) is 0 Å². The summed E-state index contributed by atoms with van der Waals surface area (Å²) in [7, 11) is -11.4. The predicted molar refractivity (Wildman–Crippen MR) is 139 cm³/mol. The maximum atomic E-state index is 13.2. The van der Waals surface area contributed by atoms with Crippen molar-refractivity contribution < 1.29 is 30.0 Å². The Kier molecular flexibility index (Phi) is 8.43. The van der Waals surface area contributed by atoms with E-state index in [4.69, 9.17) is 4.74 Å². The molecule has 2 aliphatic heterocycles. The molecule has 0 saturated carbocycles. The van der Waals surface area contributed by atoms with Crippen molar-refractivity contribution in [1.82, 2.24) is 12.9 Å². The fraction of sp³-hybridized carbons (Fsp3) is 0.500. The molecule has 0 unspecified atom stereocenters. The van der Waals surface area contributed by atoms with Crippen LogP contribution in [0.1, 0.15) is 31.7 Å².